The maximum absolute atomic E-state index is 12.3. The first-order valence-corrected chi connectivity index (χ1v) is 9.74. The number of methoxy groups -OCH3 is 1. The van der Waals surface area contributed by atoms with E-state index in [0.717, 1.165) is 56.8 Å². The van der Waals surface area contributed by atoms with E-state index in [9.17, 15) is 4.79 Å². The van der Waals surface area contributed by atoms with Crippen LogP contribution in [0.5, 0.6) is 5.75 Å². The normalized spacial score (nSPS) is 24.1. The molecule has 0 saturated carbocycles. The van der Waals surface area contributed by atoms with Gasteiger partial charge in [-0.2, -0.15) is 0 Å². The molecule has 1 aromatic carbocycles. The Bertz CT molecular complexity index is 631. The number of carbonyl (C=O) groups excluding carboxylic acids is 1. The van der Waals surface area contributed by atoms with Gasteiger partial charge >= 0.3 is 0 Å². The van der Waals surface area contributed by atoms with E-state index >= 15 is 0 Å². The molecular formula is C21H31N3O2. The number of amides is 1. The van der Waals surface area contributed by atoms with Gasteiger partial charge < -0.3 is 15.4 Å². The number of hydrogen-bond acceptors (Lipinski definition) is 4. The van der Waals surface area contributed by atoms with Crippen molar-refractivity contribution in [2.45, 2.75) is 31.7 Å². The monoisotopic (exact) mass is 357 g/mol. The third-order valence-electron chi connectivity index (χ3n) is 5.63. The molecule has 2 N–H and O–H groups in total. The Morgan fingerprint density at radius 1 is 1.31 bits per heavy atom. The number of benzene rings is 1. The van der Waals surface area contributed by atoms with Gasteiger partial charge in [0.1, 0.15) is 5.75 Å². The Morgan fingerprint density at radius 2 is 2.15 bits per heavy atom. The molecule has 3 rings (SSSR count). The van der Waals surface area contributed by atoms with E-state index in [1.807, 2.05) is 18.2 Å². The minimum atomic E-state index is 0.323. The number of para-hydroxylation sites is 1. The number of nitrogens with zero attached hydrogens (tertiary/aromatic N) is 2. The molecule has 0 aromatic heterocycles. The third kappa shape index (κ3) is 4.46. The molecule has 2 fully saturated rings. The van der Waals surface area contributed by atoms with Crippen LogP contribution in [-0.4, -0.2) is 61.6 Å². The van der Waals surface area contributed by atoms with Crippen LogP contribution in [0.3, 0.4) is 0 Å². The van der Waals surface area contributed by atoms with Crippen molar-refractivity contribution in [2.75, 3.05) is 39.8 Å². The van der Waals surface area contributed by atoms with Crippen LogP contribution in [0.4, 0.5) is 0 Å². The first-order valence-electron chi connectivity index (χ1n) is 9.74. The summed E-state index contributed by atoms with van der Waals surface area (Å²) in [6.07, 6.45) is 8.05. The van der Waals surface area contributed by atoms with E-state index in [2.05, 4.69) is 28.0 Å². The molecule has 0 unspecified atom stereocenters. The maximum atomic E-state index is 12.3. The Kier molecular flexibility index (Phi) is 6.69. The molecule has 0 bridgehead atoms. The molecule has 2 heterocycles. The fourth-order valence-electron chi connectivity index (χ4n) is 4.28. The van der Waals surface area contributed by atoms with Crippen LogP contribution >= 0.6 is 0 Å². The van der Waals surface area contributed by atoms with Crippen molar-refractivity contribution in [1.82, 2.24) is 9.80 Å². The fourth-order valence-corrected chi connectivity index (χ4v) is 4.28. The lowest BCUT2D eigenvalue weighted by molar-refractivity contribution is -0.141. The quantitative estimate of drug-likeness (QED) is 0.814. The van der Waals surface area contributed by atoms with E-state index < -0.39 is 0 Å². The fraction of sp³-hybridized carbons (Fsp3) is 0.571. The van der Waals surface area contributed by atoms with Crippen LogP contribution in [0.1, 0.15) is 31.2 Å². The standard InChI is InChI=1S/C21H31N3O2/c1-26-20-8-3-2-6-17(20)7-4-13-23-15-11-19-18(16-23)9-10-21(25)24(19)14-5-12-22/h2-4,6-8,18-19H,5,9-16,22H2,1H3/b7-4+/t18-,19+/m0/s1. The highest BCUT2D eigenvalue weighted by atomic mass is 16.5. The molecule has 2 saturated heterocycles. The second kappa shape index (κ2) is 9.19. The van der Waals surface area contributed by atoms with Gasteiger partial charge in [-0.05, 0) is 37.8 Å². The van der Waals surface area contributed by atoms with Crippen molar-refractivity contribution in [3.8, 4) is 5.75 Å². The Balaban J connectivity index is 1.55. The number of likely N-dealkylation sites (tertiary alicyclic amines) is 2. The Hall–Kier alpha value is -1.85. The summed E-state index contributed by atoms with van der Waals surface area (Å²) in [7, 11) is 1.71. The zero-order valence-corrected chi connectivity index (χ0v) is 15.8. The zero-order valence-electron chi connectivity index (χ0n) is 15.8. The van der Waals surface area contributed by atoms with E-state index in [4.69, 9.17) is 10.5 Å². The van der Waals surface area contributed by atoms with Gasteiger partial charge in [-0.3, -0.25) is 9.69 Å². The third-order valence-corrected chi connectivity index (χ3v) is 5.63. The van der Waals surface area contributed by atoms with E-state index in [-0.39, 0.29) is 0 Å². The van der Waals surface area contributed by atoms with Gasteiger partial charge in [-0.25, -0.2) is 0 Å². The molecule has 142 valence electrons. The Morgan fingerprint density at radius 3 is 2.96 bits per heavy atom. The molecule has 0 spiro atoms. The van der Waals surface area contributed by atoms with Gasteiger partial charge in [-0.15, -0.1) is 0 Å². The number of rotatable bonds is 7. The molecule has 2 atom stereocenters. The van der Waals surface area contributed by atoms with Gasteiger partial charge in [0.05, 0.1) is 7.11 Å². The molecule has 26 heavy (non-hydrogen) atoms. The van der Waals surface area contributed by atoms with Crippen LogP contribution < -0.4 is 10.5 Å². The van der Waals surface area contributed by atoms with E-state index in [0.29, 0.717) is 30.8 Å². The topological polar surface area (TPSA) is 58.8 Å². The van der Waals surface area contributed by atoms with Crippen molar-refractivity contribution in [1.29, 1.82) is 0 Å². The van der Waals surface area contributed by atoms with Crippen molar-refractivity contribution in [2.24, 2.45) is 11.7 Å². The van der Waals surface area contributed by atoms with Crippen LogP contribution in [0.25, 0.3) is 6.08 Å². The lowest BCUT2D eigenvalue weighted by atomic mass is 9.83. The lowest BCUT2D eigenvalue weighted by Gasteiger charge is -2.47. The minimum absolute atomic E-state index is 0.323. The summed E-state index contributed by atoms with van der Waals surface area (Å²) in [6.45, 7) is 4.54. The zero-order chi connectivity index (χ0) is 18.4. The first-order chi connectivity index (χ1) is 12.7. The van der Waals surface area contributed by atoms with Crippen LogP contribution in [-0.2, 0) is 4.79 Å². The largest absolute Gasteiger partial charge is 0.496 e. The number of fused-ring (bicyclic) bond motifs is 1. The summed E-state index contributed by atoms with van der Waals surface area (Å²) < 4.78 is 5.40. The van der Waals surface area contributed by atoms with E-state index in [1.165, 1.54) is 0 Å². The molecular weight excluding hydrogens is 326 g/mol. The van der Waals surface area contributed by atoms with Crippen molar-refractivity contribution in [3.05, 3.63) is 35.9 Å². The SMILES string of the molecule is COc1ccccc1/C=C/CN1CC[C@@H]2[C@@H](CCC(=O)N2CCCN)C1. The average molecular weight is 357 g/mol. The maximum Gasteiger partial charge on any atom is 0.222 e. The number of nitrogens with two attached hydrogens (primary N) is 1. The minimum Gasteiger partial charge on any atom is -0.496 e. The first kappa shape index (κ1) is 18.9. The molecule has 2 aliphatic rings. The molecule has 1 aromatic rings. The molecule has 2 aliphatic heterocycles. The van der Waals surface area contributed by atoms with Crippen LogP contribution in [0, 0.1) is 5.92 Å². The number of ether oxygens (including phenoxy) is 1. The predicted molar refractivity (Wildman–Crippen MR) is 105 cm³/mol. The average Bonchev–Trinajstić information content (AvgIpc) is 2.67. The summed E-state index contributed by atoms with van der Waals surface area (Å²) in [4.78, 5) is 16.9. The van der Waals surface area contributed by atoms with Crippen LogP contribution in [0.2, 0.25) is 0 Å². The van der Waals surface area contributed by atoms with E-state index in [1.54, 1.807) is 7.11 Å². The van der Waals surface area contributed by atoms with Gasteiger partial charge in [0, 0.05) is 44.2 Å². The molecule has 1 amide bonds. The smallest absolute Gasteiger partial charge is 0.222 e. The van der Waals surface area contributed by atoms with Crippen LogP contribution in [0.15, 0.2) is 30.3 Å². The second-order valence-electron chi connectivity index (χ2n) is 7.29. The summed E-state index contributed by atoms with van der Waals surface area (Å²) >= 11 is 0. The van der Waals surface area contributed by atoms with Crippen molar-refractivity contribution >= 4 is 12.0 Å². The number of hydrogen-bond donors (Lipinski definition) is 1. The Labute approximate surface area is 156 Å². The molecule has 5 nitrogen and oxygen atoms in total. The van der Waals surface area contributed by atoms with Gasteiger partial charge in [0.25, 0.3) is 0 Å². The summed E-state index contributed by atoms with van der Waals surface area (Å²) in [5.74, 6) is 1.83. The highest BCUT2D eigenvalue weighted by molar-refractivity contribution is 5.77. The molecule has 0 radical (unpaired) electrons. The molecule has 0 aliphatic carbocycles. The highest BCUT2D eigenvalue weighted by Crippen LogP contribution is 2.31. The number of carbonyl (C=O) groups is 1. The second-order valence-corrected chi connectivity index (χ2v) is 7.29. The predicted octanol–water partition coefficient (Wildman–Crippen LogP) is 2.37. The lowest BCUT2D eigenvalue weighted by Crippen LogP contribution is -2.56. The molecule has 5 heteroatoms. The summed E-state index contributed by atoms with van der Waals surface area (Å²) in [6, 6.07) is 8.49. The summed E-state index contributed by atoms with van der Waals surface area (Å²) in [5.41, 5.74) is 6.75. The number of piperidine rings is 2. The van der Waals surface area contributed by atoms with Gasteiger partial charge in [0.15, 0.2) is 0 Å². The van der Waals surface area contributed by atoms with Crippen molar-refractivity contribution < 1.29 is 9.53 Å². The van der Waals surface area contributed by atoms with Gasteiger partial charge in [-0.1, -0.05) is 30.4 Å². The van der Waals surface area contributed by atoms with Crippen molar-refractivity contribution in [3.63, 3.8) is 0 Å². The summed E-state index contributed by atoms with van der Waals surface area (Å²) in [5, 5.41) is 0. The van der Waals surface area contributed by atoms with Gasteiger partial charge in [0.2, 0.25) is 5.91 Å². The highest BCUT2D eigenvalue weighted by Gasteiger charge is 2.38.